The first-order valence-corrected chi connectivity index (χ1v) is 12.0. The van der Waals surface area contributed by atoms with Crippen molar-refractivity contribution in [2.75, 3.05) is 39.3 Å². The number of hydrogen-bond acceptors (Lipinski definition) is 5. The number of aliphatic hydroxyl groups excluding tert-OH is 1. The smallest absolute Gasteiger partial charge is 0.123 e. The quantitative estimate of drug-likeness (QED) is 0.400. The standard InChI is InChI=1S/C26H31FN6O/c27-22-5-3-20(4-6-22)14-24(17-34)32-12-10-31(11-13-32)9-1-2-21-16-28-26-8-7-23(15-25(21)26)33-18-29-30-19-33/h3-8,15-16,18-19,24,28,34H,1-2,9-14,17H2. The van der Waals surface area contributed by atoms with Gasteiger partial charge in [-0.25, -0.2) is 4.39 Å². The zero-order valence-corrected chi connectivity index (χ0v) is 19.3. The lowest BCUT2D eigenvalue weighted by Gasteiger charge is -2.38. The van der Waals surface area contributed by atoms with Crippen LogP contribution in [0, 0.1) is 5.82 Å². The Morgan fingerprint density at radius 1 is 1.00 bits per heavy atom. The average molecular weight is 463 g/mol. The molecule has 34 heavy (non-hydrogen) atoms. The van der Waals surface area contributed by atoms with Crippen molar-refractivity contribution in [3.63, 3.8) is 0 Å². The molecular weight excluding hydrogens is 431 g/mol. The van der Waals surface area contributed by atoms with E-state index in [2.05, 4.69) is 49.4 Å². The highest BCUT2D eigenvalue weighted by Gasteiger charge is 2.23. The van der Waals surface area contributed by atoms with E-state index >= 15 is 0 Å². The van der Waals surface area contributed by atoms with E-state index in [0.717, 1.165) is 68.8 Å². The van der Waals surface area contributed by atoms with Crippen LogP contribution in [0.25, 0.3) is 16.6 Å². The van der Waals surface area contributed by atoms with Crippen LogP contribution in [0.3, 0.4) is 0 Å². The Morgan fingerprint density at radius 3 is 2.50 bits per heavy atom. The zero-order chi connectivity index (χ0) is 23.3. The fourth-order valence-electron chi connectivity index (χ4n) is 4.91. The largest absolute Gasteiger partial charge is 0.395 e. The minimum Gasteiger partial charge on any atom is -0.395 e. The molecule has 178 valence electrons. The molecule has 2 aromatic heterocycles. The molecule has 1 unspecified atom stereocenters. The number of nitrogens with one attached hydrogen (secondary N) is 1. The van der Waals surface area contributed by atoms with Crippen molar-refractivity contribution in [1.82, 2.24) is 29.5 Å². The highest BCUT2D eigenvalue weighted by Crippen LogP contribution is 2.23. The molecule has 2 N–H and O–H groups in total. The minimum absolute atomic E-state index is 0.0822. The van der Waals surface area contributed by atoms with Crippen LogP contribution in [0.5, 0.6) is 0 Å². The number of aryl methyl sites for hydroxylation is 1. The molecule has 8 heteroatoms. The van der Waals surface area contributed by atoms with Crippen molar-refractivity contribution >= 4 is 10.9 Å². The molecule has 1 atom stereocenters. The molecule has 5 rings (SSSR count). The van der Waals surface area contributed by atoms with Crippen LogP contribution in [0.1, 0.15) is 17.5 Å². The van der Waals surface area contributed by atoms with Crippen molar-refractivity contribution < 1.29 is 9.50 Å². The minimum atomic E-state index is -0.221. The molecule has 0 spiro atoms. The molecule has 0 radical (unpaired) electrons. The van der Waals surface area contributed by atoms with Gasteiger partial charge in [0.15, 0.2) is 0 Å². The second kappa shape index (κ2) is 10.5. The number of benzene rings is 2. The number of nitrogens with zero attached hydrogens (tertiary/aromatic N) is 5. The second-order valence-corrected chi connectivity index (χ2v) is 9.06. The maximum atomic E-state index is 13.2. The first-order chi connectivity index (χ1) is 16.7. The molecule has 0 saturated carbocycles. The summed E-state index contributed by atoms with van der Waals surface area (Å²) in [5.41, 5.74) is 4.61. The monoisotopic (exact) mass is 462 g/mol. The van der Waals surface area contributed by atoms with E-state index in [0.29, 0.717) is 0 Å². The summed E-state index contributed by atoms with van der Waals surface area (Å²) in [5.74, 6) is -0.221. The molecule has 4 aromatic rings. The lowest BCUT2D eigenvalue weighted by atomic mass is 10.0. The van der Waals surface area contributed by atoms with Crippen molar-refractivity contribution in [2.45, 2.75) is 25.3 Å². The van der Waals surface area contributed by atoms with Gasteiger partial charge in [-0.3, -0.25) is 9.47 Å². The summed E-state index contributed by atoms with van der Waals surface area (Å²) < 4.78 is 15.1. The molecule has 0 amide bonds. The van der Waals surface area contributed by atoms with Gasteiger partial charge in [0.2, 0.25) is 0 Å². The van der Waals surface area contributed by atoms with Crippen LogP contribution < -0.4 is 0 Å². The van der Waals surface area contributed by atoms with E-state index in [4.69, 9.17) is 0 Å². The Morgan fingerprint density at radius 2 is 1.76 bits per heavy atom. The van der Waals surface area contributed by atoms with Gasteiger partial charge in [0.05, 0.1) is 6.61 Å². The van der Waals surface area contributed by atoms with Gasteiger partial charge in [-0.2, -0.15) is 0 Å². The van der Waals surface area contributed by atoms with E-state index < -0.39 is 0 Å². The SMILES string of the molecule is OCC(Cc1ccc(F)cc1)N1CCN(CCCc2c[nH]c3ccc(-n4cnnc4)cc23)CC1. The van der Waals surface area contributed by atoms with Gasteiger partial charge in [0.25, 0.3) is 0 Å². The molecule has 0 bridgehead atoms. The number of H-pyrrole nitrogens is 1. The van der Waals surface area contributed by atoms with Crippen molar-refractivity contribution in [3.05, 3.63) is 78.3 Å². The predicted octanol–water partition coefficient (Wildman–Crippen LogP) is 3.04. The van der Waals surface area contributed by atoms with Crippen LogP contribution in [0.4, 0.5) is 4.39 Å². The van der Waals surface area contributed by atoms with Gasteiger partial charge in [-0.1, -0.05) is 12.1 Å². The summed E-state index contributed by atoms with van der Waals surface area (Å²) in [6, 6.07) is 13.1. The predicted molar refractivity (Wildman–Crippen MR) is 131 cm³/mol. The van der Waals surface area contributed by atoms with Gasteiger partial charge >= 0.3 is 0 Å². The van der Waals surface area contributed by atoms with Crippen LogP contribution in [0.2, 0.25) is 0 Å². The summed E-state index contributed by atoms with van der Waals surface area (Å²) in [6.07, 6.45) is 8.43. The Bertz CT molecular complexity index is 1180. The topological polar surface area (TPSA) is 73.2 Å². The average Bonchev–Trinajstić information content (AvgIpc) is 3.55. The lowest BCUT2D eigenvalue weighted by Crippen LogP contribution is -2.52. The third-order valence-corrected chi connectivity index (χ3v) is 6.91. The first-order valence-electron chi connectivity index (χ1n) is 12.0. The summed E-state index contributed by atoms with van der Waals surface area (Å²) in [7, 11) is 0. The number of aliphatic hydroxyl groups is 1. The number of aromatic amines is 1. The number of aromatic nitrogens is 4. The number of hydrogen-bond donors (Lipinski definition) is 2. The van der Waals surface area contributed by atoms with Gasteiger partial charge in [0, 0.05) is 55.0 Å². The number of piperazine rings is 1. The van der Waals surface area contributed by atoms with Crippen LogP contribution in [-0.2, 0) is 12.8 Å². The lowest BCUT2D eigenvalue weighted by molar-refractivity contribution is 0.0651. The molecule has 3 heterocycles. The highest BCUT2D eigenvalue weighted by atomic mass is 19.1. The van der Waals surface area contributed by atoms with Crippen molar-refractivity contribution in [3.8, 4) is 5.69 Å². The fraction of sp³-hybridized carbons (Fsp3) is 0.385. The Kier molecular flexibility index (Phi) is 6.99. The van der Waals surface area contributed by atoms with E-state index in [-0.39, 0.29) is 18.5 Å². The highest BCUT2D eigenvalue weighted by molar-refractivity contribution is 5.85. The number of halogens is 1. The Labute approximate surface area is 198 Å². The van der Waals surface area contributed by atoms with Crippen LogP contribution >= 0.6 is 0 Å². The summed E-state index contributed by atoms with van der Waals surface area (Å²) in [6.45, 7) is 5.09. The molecule has 1 aliphatic heterocycles. The van der Waals surface area contributed by atoms with Crippen LogP contribution in [-0.4, -0.2) is 80.0 Å². The van der Waals surface area contributed by atoms with E-state index in [1.807, 2.05) is 16.7 Å². The number of rotatable bonds is 9. The fourth-order valence-corrected chi connectivity index (χ4v) is 4.91. The van der Waals surface area contributed by atoms with Crippen LogP contribution in [0.15, 0.2) is 61.3 Å². The van der Waals surface area contributed by atoms with Gasteiger partial charge in [0.1, 0.15) is 18.5 Å². The second-order valence-electron chi connectivity index (χ2n) is 9.06. The molecule has 2 aromatic carbocycles. The number of fused-ring (bicyclic) bond motifs is 1. The normalized spacial score (nSPS) is 16.3. The van der Waals surface area contributed by atoms with E-state index in [9.17, 15) is 9.50 Å². The maximum Gasteiger partial charge on any atom is 0.123 e. The van der Waals surface area contributed by atoms with Crippen molar-refractivity contribution in [1.29, 1.82) is 0 Å². The van der Waals surface area contributed by atoms with E-state index in [1.165, 1.54) is 23.1 Å². The molecular formula is C26H31FN6O. The molecule has 1 saturated heterocycles. The third kappa shape index (κ3) is 5.19. The summed E-state index contributed by atoms with van der Waals surface area (Å²) in [5, 5.41) is 19.0. The van der Waals surface area contributed by atoms with Crippen molar-refractivity contribution in [2.24, 2.45) is 0 Å². The first kappa shape index (κ1) is 22.7. The summed E-state index contributed by atoms with van der Waals surface area (Å²) in [4.78, 5) is 8.27. The Hall–Kier alpha value is -3.07. The molecule has 0 aliphatic carbocycles. The molecule has 1 aliphatic rings. The molecule has 1 fully saturated rings. The van der Waals surface area contributed by atoms with Gasteiger partial charge < -0.3 is 15.0 Å². The third-order valence-electron chi connectivity index (χ3n) is 6.91. The Balaban J connectivity index is 1.11. The van der Waals surface area contributed by atoms with Gasteiger partial charge in [-0.15, -0.1) is 10.2 Å². The molecule has 7 nitrogen and oxygen atoms in total. The van der Waals surface area contributed by atoms with E-state index in [1.54, 1.807) is 12.7 Å². The summed E-state index contributed by atoms with van der Waals surface area (Å²) >= 11 is 0. The maximum absolute atomic E-state index is 13.2. The zero-order valence-electron chi connectivity index (χ0n) is 19.3. The van der Waals surface area contributed by atoms with Gasteiger partial charge in [-0.05, 0) is 67.3 Å².